The molecule has 0 saturated heterocycles. The summed E-state index contributed by atoms with van der Waals surface area (Å²) in [7, 11) is 1.53. The molecule has 0 unspecified atom stereocenters. The number of hydrogen-bond acceptors (Lipinski definition) is 5. The van der Waals surface area contributed by atoms with Gasteiger partial charge in [-0.3, -0.25) is 9.59 Å². The smallest absolute Gasteiger partial charge is 0.260 e. The number of likely N-dealkylation sites (N-methyl/N-ethyl adjacent to an activating group) is 1. The molecular weight excluding hydrogens is 396 g/mol. The maximum Gasteiger partial charge on any atom is 0.260 e. The number of carbonyl (C=O) groups is 2. The van der Waals surface area contributed by atoms with Gasteiger partial charge in [0.05, 0.1) is 24.8 Å². The van der Waals surface area contributed by atoms with Crippen LogP contribution in [0.1, 0.15) is 13.8 Å². The van der Waals surface area contributed by atoms with E-state index in [2.05, 4.69) is 5.32 Å². The van der Waals surface area contributed by atoms with Gasteiger partial charge >= 0.3 is 0 Å². The Morgan fingerprint density at radius 1 is 0.966 bits per heavy atom. The first-order valence-electron chi connectivity index (χ1n) is 9.25. The fourth-order valence-corrected chi connectivity index (χ4v) is 2.63. The molecule has 2 rings (SSSR count). The number of rotatable bonds is 10. The van der Waals surface area contributed by atoms with Crippen molar-refractivity contribution in [2.75, 3.05) is 38.7 Å². The van der Waals surface area contributed by atoms with E-state index in [0.29, 0.717) is 41.2 Å². The molecule has 8 heteroatoms. The van der Waals surface area contributed by atoms with Crippen LogP contribution in [0.25, 0.3) is 0 Å². The highest BCUT2D eigenvalue weighted by Gasteiger charge is 2.15. The fraction of sp³-hybridized carbons (Fsp3) is 0.333. The molecule has 0 saturated carbocycles. The van der Waals surface area contributed by atoms with E-state index in [1.165, 1.54) is 11.9 Å². The van der Waals surface area contributed by atoms with Crippen molar-refractivity contribution < 1.29 is 23.8 Å². The molecule has 0 atom stereocenters. The van der Waals surface area contributed by atoms with E-state index in [4.69, 9.17) is 25.8 Å². The molecule has 0 aromatic heterocycles. The third kappa shape index (κ3) is 6.87. The minimum Gasteiger partial charge on any atom is -0.490 e. The normalized spacial score (nSPS) is 10.2. The van der Waals surface area contributed by atoms with Crippen molar-refractivity contribution in [3.05, 3.63) is 47.5 Å². The summed E-state index contributed by atoms with van der Waals surface area (Å²) in [5.41, 5.74) is 0.551. The highest BCUT2D eigenvalue weighted by Crippen LogP contribution is 2.30. The molecule has 2 aromatic carbocycles. The van der Waals surface area contributed by atoms with E-state index in [9.17, 15) is 9.59 Å². The van der Waals surface area contributed by atoms with Crippen LogP contribution in [0.15, 0.2) is 42.5 Å². The summed E-state index contributed by atoms with van der Waals surface area (Å²) in [5, 5.41) is 3.17. The first-order chi connectivity index (χ1) is 13.9. The van der Waals surface area contributed by atoms with Gasteiger partial charge in [0.2, 0.25) is 5.91 Å². The maximum absolute atomic E-state index is 12.3. The number of benzene rings is 2. The highest BCUT2D eigenvalue weighted by atomic mass is 35.5. The minimum atomic E-state index is -0.346. The summed E-state index contributed by atoms with van der Waals surface area (Å²) in [6.07, 6.45) is 0. The van der Waals surface area contributed by atoms with E-state index < -0.39 is 0 Å². The molecule has 0 aliphatic carbocycles. The van der Waals surface area contributed by atoms with Crippen molar-refractivity contribution >= 4 is 29.1 Å². The van der Waals surface area contributed by atoms with Crippen LogP contribution in [0.5, 0.6) is 17.2 Å². The molecule has 2 amide bonds. The monoisotopic (exact) mass is 420 g/mol. The Hall–Kier alpha value is -2.93. The van der Waals surface area contributed by atoms with Crippen molar-refractivity contribution in [3.8, 4) is 17.2 Å². The summed E-state index contributed by atoms with van der Waals surface area (Å²) < 4.78 is 16.5. The number of carbonyl (C=O) groups excluding carboxylic acids is 2. The van der Waals surface area contributed by atoms with Gasteiger partial charge in [0.15, 0.2) is 18.1 Å². The van der Waals surface area contributed by atoms with E-state index in [1.54, 1.807) is 42.5 Å². The van der Waals surface area contributed by atoms with Crippen LogP contribution in [0.3, 0.4) is 0 Å². The molecule has 156 valence electrons. The Bertz CT molecular complexity index is 844. The molecule has 0 aliphatic heterocycles. The van der Waals surface area contributed by atoms with Gasteiger partial charge in [0.1, 0.15) is 5.75 Å². The predicted octanol–water partition coefficient (Wildman–Crippen LogP) is 3.61. The summed E-state index contributed by atoms with van der Waals surface area (Å²) >= 11 is 5.99. The zero-order chi connectivity index (χ0) is 21.2. The Labute approximate surface area is 175 Å². The van der Waals surface area contributed by atoms with Crippen LogP contribution in [0.4, 0.5) is 5.69 Å². The minimum absolute atomic E-state index is 0.123. The third-order valence-electron chi connectivity index (χ3n) is 3.82. The molecular formula is C21H25ClN2O5. The van der Waals surface area contributed by atoms with Crippen molar-refractivity contribution in [3.63, 3.8) is 0 Å². The number of nitrogens with one attached hydrogen (secondary N) is 1. The number of para-hydroxylation sites is 1. The van der Waals surface area contributed by atoms with E-state index >= 15 is 0 Å². The second-order valence-corrected chi connectivity index (χ2v) is 6.45. The van der Waals surface area contributed by atoms with E-state index in [-0.39, 0.29) is 25.0 Å². The SMILES string of the molecule is CCOc1ccc(NC(=O)CN(C)C(=O)COc2ccccc2Cl)cc1OCC. The molecule has 7 nitrogen and oxygen atoms in total. The van der Waals surface area contributed by atoms with E-state index in [1.807, 2.05) is 13.8 Å². The largest absolute Gasteiger partial charge is 0.490 e. The Balaban J connectivity index is 1.89. The van der Waals surface area contributed by atoms with Crippen LogP contribution < -0.4 is 19.5 Å². The van der Waals surface area contributed by atoms with Crippen molar-refractivity contribution in [2.45, 2.75) is 13.8 Å². The molecule has 2 aromatic rings. The number of hydrogen-bond donors (Lipinski definition) is 1. The lowest BCUT2D eigenvalue weighted by molar-refractivity contribution is -0.135. The predicted molar refractivity (Wildman–Crippen MR) is 112 cm³/mol. The van der Waals surface area contributed by atoms with Gasteiger partial charge in [-0.05, 0) is 38.1 Å². The lowest BCUT2D eigenvalue weighted by Crippen LogP contribution is -2.37. The Morgan fingerprint density at radius 3 is 2.34 bits per heavy atom. The van der Waals surface area contributed by atoms with Gasteiger partial charge in [-0.1, -0.05) is 23.7 Å². The second kappa shape index (κ2) is 11.2. The van der Waals surface area contributed by atoms with Gasteiger partial charge in [-0.2, -0.15) is 0 Å². The molecule has 0 bridgehead atoms. The molecule has 29 heavy (non-hydrogen) atoms. The average molecular weight is 421 g/mol. The van der Waals surface area contributed by atoms with Gasteiger partial charge in [0.25, 0.3) is 5.91 Å². The molecule has 1 N–H and O–H groups in total. The van der Waals surface area contributed by atoms with Crippen molar-refractivity contribution in [2.24, 2.45) is 0 Å². The number of nitrogens with zero attached hydrogens (tertiary/aromatic N) is 1. The van der Waals surface area contributed by atoms with Crippen LogP contribution >= 0.6 is 11.6 Å². The third-order valence-corrected chi connectivity index (χ3v) is 4.13. The van der Waals surface area contributed by atoms with Gasteiger partial charge in [0, 0.05) is 18.8 Å². The van der Waals surface area contributed by atoms with E-state index in [0.717, 1.165) is 0 Å². The molecule has 0 spiro atoms. The topological polar surface area (TPSA) is 77.1 Å². The quantitative estimate of drug-likeness (QED) is 0.635. The average Bonchev–Trinajstić information content (AvgIpc) is 2.69. The first kappa shape index (κ1) is 22.4. The molecule has 0 heterocycles. The zero-order valence-corrected chi connectivity index (χ0v) is 17.5. The van der Waals surface area contributed by atoms with Gasteiger partial charge in [-0.15, -0.1) is 0 Å². The Morgan fingerprint density at radius 2 is 1.66 bits per heavy atom. The number of ether oxygens (including phenoxy) is 3. The maximum atomic E-state index is 12.3. The summed E-state index contributed by atoms with van der Waals surface area (Å²) in [4.78, 5) is 25.8. The van der Waals surface area contributed by atoms with Crippen LogP contribution in [-0.4, -0.2) is 50.1 Å². The molecule has 0 radical (unpaired) electrons. The molecule has 0 fully saturated rings. The fourth-order valence-electron chi connectivity index (χ4n) is 2.44. The standard InChI is InChI=1S/C21H25ClN2O5/c1-4-27-18-11-10-15(12-19(18)28-5-2)23-20(25)13-24(3)21(26)14-29-17-9-7-6-8-16(17)22/h6-12H,4-5,13-14H2,1-3H3,(H,23,25). The second-order valence-electron chi connectivity index (χ2n) is 6.04. The number of anilines is 1. The summed E-state index contributed by atoms with van der Waals surface area (Å²) in [6, 6.07) is 12.0. The summed E-state index contributed by atoms with van der Waals surface area (Å²) in [5.74, 6) is 0.881. The van der Waals surface area contributed by atoms with Gasteiger partial charge in [-0.25, -0.2) is 0 Å². The number of amides is 2. The van der Waals surface area contributed by atoms with Crippen LogP contribution in [0, 0.1) is 0 Å². The lowest BCUT2D eigenvalue weighted by Gasteiger charge is -2.18. The van der Waals surface area contributed by atoms with Gasteiger partial charge < -0.3 is 24.4 Å². The van der Waals surface area contributed by atoms with Crippen LogP contribution in [0.2, 0.25) is 5.02 Å². The van der Waals surface area contributed by atoms with Crippen LogP contribution in [-0.2, 0) is 9.59 Å². The first-order valence-corrected chi connectivity index (χ1v) is 9.63. The lowest BCUT2D eigenvalue weighted by atomic mass is 10.2. The summed E-state index contributed by atoms with van der Waals surface area (Å²) in [6.45, 7) is 4.39. The Kier molecular flexibility index (Phi) is 8.61. The van der Waals surface area contributed by atoms with Crippen molar-refractivity contribution in [1.82, 2.24) is 4.90 Å². The highest BCUT2D eigenvalue weighted by molar-refractivity contribution is 6.32. The van der Waals surface area contributed by atoms with Crippen molar-refractivity contribution in [1.29, 1.82) is 0 Å². The zero-order valence-electron chi connectivity index (χ0n) is 16.7. The molecule has 0 aliphatic rings. The number of halogens is 1.